The minimum atomic E-state index is -1.27. The second-order valence-electron chi connectivity index (χ2n) is 10.8. The molecule has 3 aromatic heterocycles. The zero-order valence-electron chi connectivity index (χ0n) is 23.0. The summed E-state index contributed by atoms with van der Waals surface area (Å²) in [5.74, 6) is -1.27. The van der Waals surface area contributed by atoms with E-state index in [1.54, 1.807) is 36.5 Å². The number of aliphatic carboxylic acids is 1. The smallest absolute Gasteiger partial charge is 0.310 e. The Morgan fingerprint density at radius 1 is 1.20 bits per heavy atom. The third-order valence-corrected chi connectivity index (χ3v) is 8.10. The summed E-state index contributed by atoms with van der Waals surface area (Å²) in [7, 11) is 0. The molecule has 1 fully saturated rings. The minimum Gasteiger partial charge on any atom is -0.481 e. The number of pyridine rings is 2. The Balaban J connectivity index is 1.48. The van der Waals surface area contributed by atoms with Gasteiger partial charge in [0.05, 0.1) is 21.8 Å². The molecule has 0 radical (unpaired) electrons. The van der Waals surface area contributed by atoms with Gasteiger partial charge in [0.15, 0.2) is 11.6 Å². The molecular weight excluding hydrogens is 550 g/mol. The van der Waals surface area contributed by atoms with E-state index < -0.39 is 23.0 Å². The van der Waals surface area contributed by atoms with Gasteiger partial charge in [0.2, 0.25) is 0 Å². The van der Waals surface area contributed by atoms with Crippen molar-refractivity contribution < 1.29 is 18.7 Å². The molecule has 1 aliphatic rings. The van der Waals surface area contributed by atoms with Gasteiger partial charge in [-0.3, -0.25) is 19.8 Å². The van der Waals surface area contributed by atoms with Gasteiger partial charge in [0.25, 0.3) is 0 Å². The molecule has 0 spiro atoms. The summed E-state index contributed by atoms with van der Waals surface area (Å²) in [6.45, 7) is 6.28. The number of carboxylic acid groups (broad SMARTS) is 1. The molecule has 4 aromatic rings. The van der Waals surface area contributed by atoms with Crippen LogP contribution in [-0.2, 0) is 17.8 Å². The molecule has 8 nitrogen and oxygen atoms in total. The molecule has 214 valence electrons. The largest absolute Gasteiger partial charge is 0.481 e. The molecule has 11 heteroatoms. The van der Waals surface area contributed by atoms with E-state index in [1.807, 2.05) is 31.7 Å². The number of carbonyl (C=O) groups is 1. The quantitative estimate of drug-likeness (QED) is 0.220. The number of halogens is 3. The summed E-state index contributed by atoms with van der Waals surface area (Å²) in [5.41, 5.74) is 1.49. The van der Waals surface area contributed by atoms with Crippen molar-refractivity contribution >= 4 is 29.2 Å². The van der Waals surface area contributed by atoms with Crippen LogP contribution in [0.1, 0.15) is 42.3 Å². The van der Waals surface area contributed by atoms with Crippen molar-refractivity contribution in [2.75, 3.05) is 11.9 Å². The number of rotatable bonds is 8. The predicted octanol–water partition coefficient (Wildman–Crippen LogP) is 6.46. The number of hydrogen-bond donors (Lipinski definition) is 3. The third-order valence-electron chi connectivity index (χ3n) is 7.80. The number of aromatic amines is 1. The Kier molecular flexibility index (Phi) is 8.06. The lowest BCUT2D eigenvalue weighted by Gasteiger charge is -2.43. The molecule has 0 aliphatic carbocycles. The molecule has 2 atom stereocenters. The van der Waals surface area contributed by atoms with Crippen LogP contribution in [0.5, 0.6) is 0 Å². The zero-order valence-corrected chi connectivity index (χ0v) is 23.8. The molecule has 0 unspecified atom stereocenters. The maximum atomic E-state index is 16.2. The van der Waals surface area contributed by atoms with Crippen LogP contribution in [0, 0.1) is 30.9 Å². The van der Waals surface area contributed by atoms with Gasteiger partial charge in [-0.05, 0) is 63.9 Å². The normalized spacial score (nSPS) is 19.3. The maximum absolute atomic E-state index is 16.2. The Morgan fingerprint density at radius 2 is 2.00 bits per heavy atom. The molecular formula is C30H31ClF2N6O2. The number of carboxylic acids is 1. The SMILES string of the molecule is Cc1cc(Nc2cc(-c3ncccc3C)c(F)c(C[C@@]3(C(=O)O)CCN(Cc4cccc(Cl)c4F)[C@H](C)C3)n2)n[nH]1. The second-order valence-corrected chi connectivity index (χ2v) is 11.2. The van der Waals surface area contributed by atoms with Crippen molar-refractivity contribution in [3.05, 3.63) is 87.8 Å². The molecule has 4 heterocycles. The molecule has 3 N–H and O–H groups in total. The van der Waals surface area contributed by atoms with E-state index in [-0.39, 0.29) is 41.6 Å². The van der Waals surface area contributed by atoms with Crippen molar-refractivity contribution in [2.24, 2.45) is 5.41 Å². The summed E-state index contributed by atoms with van der Waals surface area (Å²) < 4.78 is 30.8. The standard InChI is InChI=1S/C30H31ClF2N6O2/c1-17-6-5-10-34-28(17)21-13-24(36-25-12-18(2)37-38-25)35-23(27(21)33)15-30(29(40)41)9-11-39(19(3)14-30)16-20-7-4-8-22(31)26(20)32/h4-8,10,12-13,19H,9,11,14-16H2,1-3H3,(H,40,41)(H2,35,36,37,38)/t19-,30-/m1/s1. The van der Waals surface area contributed by atoms with Crippen LogP contribution in [0.2, 0.25) is 5.02 Å². The fourth-order valence-corrected chi connectivity index (χ4v) is 5.76. The summed E-state index contributed by atoms with van der Waals surface area (Å²) in [4.78, 5) is 23.8. The van der Waals surface area contributed by atoms with E-state index in [9.17, 15) is 14.3 Å². The molecule has 41 heavy (non-hydrogen) atoms. The Hall–Kier alpha value is -3.89. The topological polar surface area (TPSA) is 107 Å². The summed E-state index contributed by atoms with van der Waals surface area (Å²) >= 11 is 5.96. The number of hydrogen-bond acceptors (Lipinski definition) is 6. The Bertz CT molecular complexity index is 1600. The lowest BCUT2D eigenvalue weighted by atomic mass is 9.72. The number of piperidine rings is 1. The molecule has 0 amide bonds. The first-order chi connectivity index (χ1) is 19.6. The molecule has 1 saturated heterocycles. The van der Waals surface area contributed by atoms with Crippen molar-refractivity contribution in [3.8, 4) is 11.3 Å². The first-order valence-corrected chi connectivity index (χ1v) is 13.7. The molecule has 1 aliphatic heterocycles. The summed E-state index contributed by atoms with van der Waals surface area (Å²) in [6, 6.07) is 11.6. The number of anilines is 2. The number of nitrogens with zero attached hydrogens (tertiary/aromatic N) is 4. The monoisotopic (exact) mass is 580 g/mol. The third kappa shape index (κ3) is 5.94. The van der Waals surface area contributed by atoms with Gasteiger partial charge in [-0.1, -0.05) is 29.8 Å². The molecule has 1 aromatic carbocycles. The number of aryl methyl sites for hydroxylation is 2. The van der Waals surface area contributed by atoms with Gasteiger partial charge in [0.1, 0.15) is 11.6 Å². The lowest BCUT2D eigenvalue weighted by Crippen LogP contribution is -2.50. The lowest BCUT2D eigenvalue weighted by molar-refractivity contribution is -0.153. The first-order valence-electron chi connectivity index (χ1n) is 13.4. The van der Waals surface area contributed by atoms with Gasteiger partial charge < -0.3 is 10.4 Å². The van der Waals surface area contributed by atoms with Crippen LogP contribution in [-0.4, -0.2) is 48.7 Å². The Morgan fingerprint density at radius 3 is 2.68 bits per heavy atom. The number of aromatic nitrogens is 4. The Labute approximate surface area is 241 Å². The van der Waals surface area contributed by atoms with E-state index in [2.05, 4.69) is 25.5 Å². The van der Waals surface area contributed by atoms with Crippen LogP contribution in [0.15, 0.2) is 48.7 Å². The average molecular weight is 581 g/mol. The van der Waals surface area contributed by atoms with E-state index in [1.165, 1.54) is 6.07 Å². The van der Waals surface area contributed by atoms with Crippen LogP contribution in [0.4, 0.5) is 20.4 Å². The van der Waals surface area contributed by atoms with E-state index in [0.717, 1.165) is 11.3 Å². The fourth-order valence-electron chi connectivity index (χ4n) is 5.57. The molecule has 0 saturated carbocycles. The van der Waals surface area contributed by atoms with Gasteiger partial charge >= 0.3 is 5.97 Å². The van der Waals surface area contributed by atoms with Gasteiger partial charge in [0, 0.05) is 48.1 Å². The predicted molar refractivity (Wildman–Crippen MR) is 153 cm³/mol. The van der Waals surface area contributed by atoms with Crippen molar-refractivity contribution in [3.63, 3.8) is 0 Å². The average Bonchev–Trinajstić information content (AvgIpc) is 3.34. The first kappa shape index (κ1) is 28.6. The minimum absolute atomic E-state index is 0.0336. The fraction of sp³-hybridized carbons (Fsp3) is 0.333. The summed E-state index contributed by atoms with van der Waals surface area (Å²) in [6.07, 6.45) is 1.95. The van der Waals surface area contributed by atoms with E-state index in [0.29, 0.717) is 36.0 Å². The van der Waals surface area contributed by atoms with Crippen LogP contribution in [0.25, 0.3) is 11.3 Å². The molecule has 0 bridgehead atoms. The highest BCUT2D eigenvalue weighted by Crippen LogP contribution is 2.41. The van der Waals surface area contributed by atoms with Gasteiger partial charge in [-0.25, -0.2) is 13.8 Å². The van der Waals surface area contributed by atoms with Crippen LogP contribution >= 0.6 is 11.6 Å². The van der Waals surface area contributed by atoms with Crippen molar-refractivity contribution in [1.82, 2.24) is 25.1 Å². The van der Waals surface area contributed by atoms with Crippen LogP contribution in [0.3, 0.4) is 0 Å². The number of nitrogens with one attached hydrogen (secondary N) is 2. The van der Waals surface area contributed by atoms with Gasteiger partial charge in [-0.15, -0.1) is 0 Å². The zero-order chi connectivity index (χ0) is 29.3. The second kappa shape index (κ2) is 11.5. The maximum Gasteiger partial charge on any atom is 0.310 e. The van der Waals surface area contributed by atoms with Crippen molar-refractivity contribution in [2.45, 2.75) is 52.6 Å². The van der Waals surface area contributed by atoms with Crippen LogP contribution < -0.4 is 5.32 Å². The highest BCUT2D eigenvalue weighted by molar-refractivity contribution is 6.30. The number of H-pyrrole nitrogens is 1. The van der Waals surface area contributed by atoms with E-state index >= 15 is 4.39 Å². The highest BCUT2D eigenvalue weighted by atomic mass is 35.5. The van der Waals surface area contributed by atoms with Gasteiger partial charge in [-0.2, -0.15) is 5.10 Å². The number of benzene rings is 1. The highest BCUT2D eigenvalue weighted by Gasteiger charge is 2.45. The van der Waals surface area contributed by atoms with E-state index in [4.69, 9.17) is 11.6 Å². The number of likely N-dealkylation sites (tertiary alicyclic amines) is 1. The van der Waals surface area contributed by atoms with Crippen molar-refractivity contribution in [1.29, 1.82) is 0 Å². The summed E-state index contributed by atoms with van der Waals surface area (Å²) in [5, 5.41) is 20.7. The molecule has 5 rings (SSSR count).